The fourth-order valence-electron chi connectivity index (χ4n) is 8.06. The third-order valence-electron chi connectivity index (χ3n) is 11.0. The fourth-order valence-corrected chi connectivity index (χ4v) is 8.18. The molecule has 6 rings (SSSR count). The first kappa shape index (κ1) is 41.4. The van der Waals surface area contributed by atoms with E-state index >= 15 is 0 Å². The number of anilines is 1. The number of cyclic esters (lactones) is 1. The van der Waals surface area contributed by atoms with Crippen molar-refractivity contribution in [2.75, 3.05) is 31.6 Å². The van der Waals surface area contributed by atoms with Crippen LogP contribution in [-0.2, 0) is 39.9 Å². The Kier molecular flexibility index (Phi) is 13.3. The second-order valence-corrected chi connectivity index (χ2v) is 15.7. The molecule has 2 aromatic rings. The highest BCUT2D eigenvalue weighted by Crippen LogP contribution is 2.27. The molecule has 5 N–H and O–H groups in total. The van der Waals surface area contributed by atoms with Gasteiger partial charge >= 0.3 is 12.0 Å². The Bertz CT molecular complexity index is 1860. The summed E-state index contributed by atoms with van der Waals surface area (Å²) in [6.45, 7) is 2.98. The predicted octanol–water partition coefficient (Wildman–Crippen LogP) is 1.65. The topological polar surface area (TPSA) is 207 Å². The number of aliphatic hydroxyl groups is 1. The number of fused-ring (bicyclic) bond motifs is 3. The van der Waals surface area contributed by atoms with Crippen molar-refractivity contribution in [3.8, 4) is 0 Å². The second kappa shape index (κ2) is 18.4. The number of ether oxygens (including phenoxy) is 1. The molecule has 4 fully saturated rings. The van der Waals surface area contributed by atoms with Crippen molar-refractivity contribution < 1.29 is 43.4 Å². The number of carbonyl (C=O) groups is 7. The molecule has 7 atom stereocenters. The lowest BCUT2D eigenvalue weighted by Gasteiger charge is -2.43. The van der Waals surface area contributed by atoms with Gasteiger partial charge in [-0.3, -0.25) is 24.0 Å². The molecular formula is C40H50ClN7O9. The highest BCUT2D eigenvalue weighted by molar-refractivity contribution is 6.30. The Hall–Kier alpha value is -5.22. The van der Waals surface area contributed by atoms with Crippen LogP contribution in [0.5, 0.6) is 0 Å². The summed E-state index contributed by atoms with van der Waals surface area (Å²) in [7, 11) is 0. The standard InChI is InChI=1S/C40H50ClN7O9/c1-23-7-5-8-25(19-23)20-29(45-40(56)43-27-13-11-26(41)12-14-27)34(50)44-30-22-57-39(55)33-10-6-18-47(33)36(52)24(2)42-35(51)31-9-3-4-17-46(31)38(54)32-16-15-28(49)21-48(32)37(30)53/h5,7-8,11-14,19,24,28-33,49H,3-4,6,9-10,15-18,20-22H2,1-2H3,(H,42,51)(H,44,50)(H2,43,45,56)/t24-,28+,29-,30-,31-,32-,33-/m0/s1. The Morgan fingerprint density at radius 1 is 0.877 bits per heavy atom. The van der Waals surface area contributed by atoms with Gasteiger partial charge in [-0.05, 0) is 88.6 Å². The van der Waals surface area contributed by atoms with Crippen LogP contribution in [0.1, 0.15) is 63.0 Å². The van der Waals surface area contributed by atoms with Crippen molar-refractivity contribution in [1.29, 1.82) is 0 Å². The monoisotopic (exact) mass is 807 g/mol. The number of amides is 7. The van der Waals surface area contributed by atoms with Gasteiger partial charge in [0.1, 0.15) is 42.9 Å². The molecule has 0 unspecified atom stereocenters. The molecule has 4 heterocycles. The van der Waals surface area contributed by atoms with Gasteiger partial charge < -0.3 is 45.8 Å². The van der Waals surface area contributed by atoms with Crippen LogP contribution in [0, 0.1) is 6.92 Å². The highest BCUT2D eigenvalue weighted by atomic mass is 35.5. The number of hydrogen-bond acceptors (Lipinski definition) is 9. The van der Waals surface area contributed by atoms with E-state index in [2.05, 4.69) is 21.3 Å². The van der Waals surface area contributed by atoms with Gasteiger partial charge in [-0.2, -0.15) is 0 Å². The Morgan fingerprint density at radius 2 is 1.60 bits per heavy atom. The zero-order chi connectivity index (χ0) is 40.8. The Balaban J connectivity index is 1.32. The first-order chi connectivity index (χ1) is 27.3. The fraction of sp³-hybridized carbons (Fsp3) is 0.525. The molecule has 0 saturated carbocycles. The molecular weight excluding hydrogens is 758 g/mol. The van der Waals surface area contributed by atoms with E-state index < -0.39 is 90.5 Å². The van der Waals surface area contributed by atoms with Crippen LogP contribution in [0.25, 0.3) is 0 Å². The lowest BCUT2D eigenvalue weighted by Crippen LogP contribution is -2.65. The van der Waals surface area contributed by atoms with Crippen LogP contribution in [0.2, 0.25) is 5.02 Å². The number of rotatable bonds is 6. The van der Waals surface area contributed by atoms with E-state index in [-0.39, 0.29) is 45.3 Å². The second-order valence-electron chi connectivity index (χ2n) is 15.2. The molecule has 0 aromatic heterocycles. The maximum atomic E-state index is 14.7. The molecule has 16 nitrogen and oxygen atoms in total. The summed E-state index contributed by atoms with van der Waals surface area (Å²) in [5.41, 5.74) is 2.04. The zero-order valence-electron chi connectivity index (χ0n) is 32.1. The van der Waals surface area contributed by atoms with Gasteiger partial charge in [-0.25, -0.2) is 9.59 Å². The zero-order valence-corrected chi connectivity index (χ0v) is 32.8. The third-order valence-corrected chi connectivity index (χ3v) is 11.3. The highest BCUT2D eigenvalue weighted by Gasteiger charge is 2.45. The van der Waals surface area contributed by atoms with Crippen molar-refractivity contribution in [1.82, 2.24) is 30.7 Å². The van der Waals surface area contributed by atoms with E-state index in [1.807, 2.05) is 25.1 Å². The van der Waals surface area contributed by atoms with Crippen molar-refractivity contribution >= 4 is 58.8 Å². The summed E-state index contributed by atoms with van der Waals surface area (Å²) in [5.74, 6) is -3.89. The number of benzene rings is 2. The Morgan fingerprint density at radius 3 is 2.35 bits per heavy atom. The smallest absolute Gasteiger partial charge is 0.328 e. The van der Waals surface area contributed by atoms with E-state index in [4.69, 9.17) is 16.3 Å². The van der Waals surface area contributed by atoms with Gasteiger partial charge in [-0.1, -0.05) is 41.4 Å². The van der Waals surface area contributed by atoms with E-state index in [0.717, 1.165) is 5.56 Å². The maximum absolute atomic E-state index is 14.7. The predicted molar refractivity (Wildman–Crippen MR) is 208 cm³/mol. The van der Waals surface area contributed by atoms with Crippen molar-refractivity contribution in [3.63, 3.8) is 0 Å². The van der Waals surface area contributed by atoms with Crippen LogP contribution in [0.15, 0.2) is 48.5 Å². The molecule has 306 valence electrons. The van der Waals surface area contributed by atoms with Crippen LogP contribution < -0.4 is 21.3 Å². The minimum atomic E-state index is -1.57. The number of urea groups is 1. The van der Waals surface area contributed by atoms with Gasteiger partial charge in [0.25, 0.3) is 0 Å². The molecule has 7 amide bonds. The average molecular weight is 808 g/mol. The molecule has 17 heteroatoms. The number of aryl methyl sites for hydroxylation is 1. The molecule has 0 radical (unpaired) electrons. The van der Waals surface area contributed by atoms with Crippen molar-refractivity contribution in [3.05, 3.63) is 64.7 Å². The van der Waals surface area contributed by atoms with Crippen LogP contribution in [0.4, 0.5) is 10.5 Å². The summed E-state index contributed by atoms with van der Waals surface area (Å²) in [6.07, 6.45) is 1.71. The number of halogens is 1. The summed E-state index contributed by atoms with van der Waals surface area (Å²) in [5, 5.41) is 22.1. The average Bonchev–Trinajstić information content (AvgIpc) is 3.69. The van der Waals surface area contributed by atoms with Crippen LogP contribution in [-0.4, -0.2) is 130 Å². The number of piperidine rings is 2. The van der Waals surface area contributed by atoms with Gasteiger partial charge in [-0.15, -0.1) is 0 Å². The molecule has 57 heavy (non-hydrogen) atoms. The number of carbonyl (C=O) groups excluding carboxylic acids is 7. The number of nitrogens with one attached hydrogen (secondary N) is 4. The van der Waals surface area contributed by atoms with Crippen LogP contribution in [0.3, 0.4) is 0 Å². The Labute approximate surface area is 336 Å². The van der Waals surface area contributed by atoms with Crippen LogP contribution >= 0.6 is 11.6 Å². The summed E-state index contributed by atoms with van der Waals surface area (Å²) < 4.78 is 5.70. The van der Waals surface area contributed by atoms with E-state index in [1.165, 1.54) is 21.6 Å². The normalized spacial score (nSPS) is 26.7. The lowest BCUT2D eigenvalue weighted by molar-refractivity contribution is -0.161. The van der Waals surface area contributed by atoms with E-state index in [9.17, 15) is 38.7 Å². The molecule has 0 aliphatic carbocycles. The van der Waals surface area contributed by atoms with E-state index in [0.29, 0.717) is 42.0 Å². The first-order valence-electron chi connectivity index (χ1n) is 19.5. The first-order valence-corrected chi connectivity index (χ1v) is 19.9. The van der Waals surface area contributed by atoms with E-state index in [1.54, 1.807) is 30.3 Å². The number of esters is 1. The molecule has 4 aliphatic heterocycles. The number of hydrogen-bond donors (Lipinski definition) is 5. The molecule has 4 saturated heterocycles. The quantitative estimate of drug-likeness (QED) is 0.269. The summed E-state index contributed by atoms with van der Waals surface area (Å²) in [4.78, 5) is 102. The third kappa shape index (κ3) is 10.0. The lowest BCUT2D eigenvalue weighted by atomic mass is 9.94. The molecule has 4 aliphatic rings. The minimum Gasteiger partial charge on any atom is -0.461 e. The molecule has 2 aromatic carbocycles. The molecule has 0 spiro atoms. The maximum Gasteiger partial charge on any atom is 0.328 e. The van der Waals surface area contributed by atoms with Gasteiger partial charge in [0.05, 0.1) is 6.10 Å². The summed E-state index contributed by atoms with van der Waals surface area (Å²) >= 11 is 6.00. The van der Waals surface area contributed by atoms with Gasteiger partial charge in [0, 0.05) is 36.8 Å². The van der Waals surface area contributed by atoms with Gasteiger partial charge in [0.2, 0.25) is 29.5 Å². The van der Waals surface area contributed by atoms with Gasteiger partial charge in [0.15, 0.2) is 0 Å². The van der Waals surface area contributed by atoms with Crippen molar-refractivity contribution in [2.45, 2.75) is 108 Å². The number of aliphatic hydroxyl groups excluding tert-OH is 1. The minimum absolute atomic E-state index is 0.0154. The largest absolute Gasteiger partial charge is 0.461 e. The SMILES string of the molecule is Cc1cccc(C[C@H](NC(=O)Nc2ccc(Cl)cc2)C(=O)N[C@H]2COC(=O)[C@@H]3CCCN3C(=O)[C@H](C)NC(=O)[C@@H]3CCCCN3C(=O)[C@@H]3CC[C@@H](O)CN3C2=O)c1. The molecule has 0 bridgehead atoms. The van der Waals surface area contributed by atoms with Crippen molar-refractivity contribution in [2.24, 2.45) is 0 Å². The number of nitrogens with zero attached hydrogens (tertiary/aromatic N) is 3. The summed E-state index contributed by atoms with van der Waals surface area (Å²) in [6, 6.07) is 6.17.